The van der Waals surface area contributed by atoms with Gasteiger partial charge in [-0.05, 0) is 81.1 Å². The van der Waals surface area contributed by atoms with Crippen molar-refractivity contribution in [2.24, 2.45) is 0 Å². The van der Waals surface area contributed by atoms with Gasteiger partial charge in [0.1, 0.15) is 17.3 Å². The molecule has 0 bridgehead atoms. The predicted molar refractivity (Wildman–Crippen MR) is 134 cm³/mol. The lowest BCUT2D eigenvalue weighted by Crippen LogP contribution is -2.48. The van der Waals surface area contributed by atoms with Gasteiger partial charge in [-0.15, -0.1) is 0 Å². The molecule has 0 aliphatic carbocycles. The smallest absolute Gasteiger partial charge is 0.328 e. The molecule has 0 spiro atoms. The van der Waals surface area contributed by atoms with Crippen molar-refractivity contribution in [2.75, 3.05) is 31.1 Å². The molecule has 36 heavy (non-hydrogen) atoms. The van der Waals surface area contributed by atoms with Gasteiger partial charge in [-0.25, -0.2) is 18.0 Å². The van der Waals surface area contributed by atoms with E-state index in [0.717, 1.165) is 54.2 Å². The first-order valence-corrected chi connectivity index (χ1v) is 12.3. The van der Waals surface area contributed by atoms with E-state index < -0.39 is 29.3 Å². The number of morpholine rings is 1. The van der Waals surface area contributed by atoms with Gasteiger partial charge < -0.3 is 14.7 Å². The van der Waals surface area contributed by atoms with Crippen molar-refractivity contribution in [3.05, 3.63) is 70.3 Å². The monoisotopic (exact) mass is 502 g/mol. The van der Waals surface area contributed by atoms with Crippen LogP contribution in [0.5, 0.6) is 0 Å². The topological polar surface area (TPSA) is 53.0 Å². The fourth-order valence-electron chi connectivity index (χ4n) is 5.29. The average Bonchev–Trinajstić information content (AvgIpc) is 2.78. The van der Waals surface area contributed by atoms with Gasteiger partial charge in [-0.2, -0.15) is 0 Å². The molecule has 2 aliphatic rings. The van der Waals surface area contributed by atoms with Crippen LogP contribution in [0.1, 0.15) is 56.0 Å². The standard InChI is InChI=1S/C28H33F3N2O3/c1-17-11-20-14-21(32-9-10-36-18(2)15-32)6-7-22(20)27(33(17)16-28(3,4)31)26-23(29)12-19(13-24(26)30)5-8-25(34)35/h5-8,12-14,17-18,27H,9-11,15-16H2,1-4H3,(H,34,35)/b8-5+/t17-,18?,27+/m1/s1. The summed E-state index contributed by atoms with van der Waals surface area (Å²) in [5.74, 6) is -2.80. The van der Waals surface area contributed by atoms with E-state index in [4.69, 9.17) is 9.84 Å². The molecule has 1 saturated heterocycles. The number of ether oxygens (including phenoxy) is 1. The summed E-state index contributed by atoms with van der Waals surface area (Å²) in [5.41, 5.74) is 1.12. The molecule has 0 saturated carbocycles. The number of anilines is 1. The van der Waals surface area contributed by atoms with E-state index in [0.29, 0.717) is 13.0 Å². The number of carboxylic acids is 1. The van der Waals surface area contributed by atoms with Crippen molar-refractivity contribution in [1.82, 2.24) is 4.90 Å². The van der Waals surface area contributed by atoms with Gasteiger partial charge in [0, 0.05) is 43.0 Å². The van der Waals surface area contributed by atoms with Crippen LogP contribution in [-0.2, 0) is 16.0 Å². The molecule has 3 atom stereocenters. The van der Waals surface area contributed by atoms with Crippen LogP contribution in [0.3, 0.4) is 0 Å². The van der Waals surface area contributed by atoms with E-state index in [1.54, 1.807) is 0 Å². The van der Waals surface area contributed by atoms with Crippen LogP contribution in [0.15, 0.2) is 36.4 Å². The fourth-order valence-corrected chi connectivity index (χ4v) is 5.29. The van der Waals surface area contributed by atoms with Crippen molar-refractivity contribution in [1.29, 1.82) is 0 Å². The quantitative estimate of drug-likeness (QED) is 0.538. The molecule has 1 fully saturated rings. The Morgan fingerprint density at radius 2 is 1.89 bits per heavy atom. The van der Waals surface area contributed by atoms with Crippen LogP contribution >= 0.6 is 0 Å². The molecule has 1 unspecified atom stereocenters. The lowest BCUT2D eigenvalue weighted by Gasteiger charge is -2.44. The number of benzene rings is 2. The Hall–Kier alpha value is -2.84. The highest BCUT2D eigenvalue weighted by atomic mass is 19.1. The molecule has 2 aromatic carbocycles. The Morgan fingerprint density at radius 1 is 1.19 bits per heavy atom. The number of halogens is 3. The number of nitrogens with zero attached hydrogens (tertiary/aromatic N) is 2. The summed E-state index contributed by atoms with van der Waals surface area (Å²) in [6.07, 6.45) is 2.71. The van der Waals surface area contributed by atoms with Crippen LogP contribution in [0.4, 0.5) is 18.9 Å². The summed E-state index contributed by atoms with van der Waals surface area (Å²) in [5, 5.41) is 8.86. The third-order valence-electron chi connectivity index (χ3n) is 6.79. The Bertz CT molecular complexity index is 1140. The number of rotatable bonds is 6. The second-order valence-electron chi connectivity index (χ2n) is 10.4. The van der Waals surface area contributed by atoms with Crippen molar-refractivity contribution in [3.8, 4) is 0 Å². The zero-order valence-corrected chi connectivity index (χ0v) is 21.1. The number of alkyl halides is 1. The number of hydrogen-bond donors (Lipinski definition) is 1. The van der Waals surface area contributed by atoms with E-state index >= 15 is 8.78 Å². The SMILES string of the molecule is CC1CN(c2ccc3c(c2)C[C@@H](C)N(CC(C)(C)F)[C@@H]3c2c(F)cc(/C=C/C(=O)O)cc2F)CCO1. The van der Waals surface area contributed by atoms with Gasteiger partial charge in [-0.1, -0.05) is 6.07 Å². The summed E-state index contributed by atoms with van der Waals surface area (Å²) >= 11 is 0. The zero-order chi connectivity index (χ0) is 26.2. The molecule has 0 aromatic heterocycles. The van der Waals surface area contributed by atoms with E-state index in [9.17, 15) is 9.18 Å². The van der Waals surface area contributed by atoms with Crippen LogP contribution in [-0.4, -0.2) is 60.0 Å². The highest BCUT2D eigenvalue weighted by molar-refractivity contribution is 5.85. The first-order valence-electron chi connectivity index (χ1n) is 12.3. The fraction of sp³-hybridized carbons (Fsp3) is 0.464. The lowest BCUT2D eigenvalue weighted by molar-refractivity contribution is -0.131. The van der Waals surface area contributed by atoms with Crippen LogP contribution < -0.4 is 4.90 Å². The Labute approximate surface area is 210 Å². The largest absolute Gasteiger partial charge is 0.478 e. The first-order chi connectivity index (χ1) is 16.9. The maximum absolute atomic E-state index is 15.5. The molecule has 5 nitrogen and oxygen atoms in total. The normalized spacial score (nSPS) is 23.2. The van der Waals surface area contributed by atoms with E-state index in [-0.39, 0.29) is 29.8 Å². The second-order valence-corrected chi connectivity index (χ2v) is 10.4. The van der Waals surface area contributed by atoms with E-state index in [1.807, 2.05) is 30.9 Å². The van der Waals surface area contributed by atoms with Crippen LogP contribution in [0, 0.1) is 11.6 Å². The molecule has 0 radical (unpaired) electrons. The number of carbonyl (C=O) groups is 1. The second kappa shape index (κ2) is 10.3. The lowest BCUT2D eigenvalue weighted by atomic mass is 9.83. The van der Waals surface area contributed by atoms with E-state index in [1.165, 1.54) is 13.8 Å². The molecular formula is C28H33F3N2O3. The summed E-state index contributed by atoms with van der Waals surface area (Å²) in [6.45, 7) is 9.05. The summed E-state index contributed by atoms with van der Waals surface area (Å²) < 4.78 is 51.5. The minimum Gasteiger partial charge on any atom is -0.478 e. The van der Waals surface area contributed by atoms with Gasteiger partial charge in [0.25, 0.3) is 0 Å². The Kier molecular flexibility index (Phi) is 7.48. The number of aliphatic carboxylic acids is 1. The summed E-state index contributed by atoms with van der Waals surface area (Å²) in [6, 6.07) is 7.19. The van der Waals surface area contributed by atoms with Crippen molar-refractivity contribution >= 4 is 17.7 Å². The molecule has 194 valence electrons. The maximum Gasteiger partial charge on any atom is 0.328 e. The minimum absolute atomic E-state index is 0.000547. The molecule has 2 heterocycles. The van der Waals surface area contributed by atoms with Gasteiger partial charge in [0.2, 0.25) is 0 Å². The molecule has 2 aromatic rings. The van der Waals surface area contributed by atoms with Crippen LogP contribution in [0.2, 0.25) is 0 Å². The Balaban J connectivity index is 1.80. The number of hydrogen-bond acceptors (Lipinski definition) is 4. The van der Waals surface area contributed by atoms with Crippen molar-refractivity contribution in [3.63, 3.8) is 0 Å². The average molecular weight is 503 g/mol. The predicted octanol–water partition coefficient (Wildman–Crippen LogP) is 5.37. The zero-order valence-electron chi connectivity index (χ0n) is 21.1. The van der Waals surface area contributed by atoms with E-state index in [2.05, 4.69) is 11.0 Å². The number of fused-ring (bicyclic) bond motifs is 1. The van der Waals surface area contributed by atoms with Gasteiger partial charge in [0.15, 0.2) is 0 Å². The Morgan fingerprint density at radius 3 is 2.50 bits per heavy atom. The van der Waals surface area contributed by atoms with Gasteiger partial charge >= 0.3 is 5.97 Å². The third kappa shape index (κ3) is 5.76. The highest BCUT2D eigenvalue weighted by Crippen LogP contribution is 2.42. The van der Waals surface area contributed by atoms with Crippen LogP contribution in [0.25, 0.3) is 6.08 Å². The number of carboxylic acid groups (broad SMARTS) is 1. The van der Waals surface area contributed by atoms with Crippen molar-refractivity contribution < 1.29 is 27.8 Å². The molecule has 8 heteroatoms. The third-order valence-corrected chi connectivity index (χ3v) is 6.79. The highest BCUT2D eigenvalue weighted by Gasteiger charge is 2.39. The first kappa shape index (κ1) is 26.2. The molecule has 0 amide bonds. The summed E-state index contributed by atoms with van der Waals surface area (Å²) in [4.78, 5) is 14.9. The van der Waals surface area contributed by atoms with Crippen molar-refractivity contribution in [2.45, 2.75) is 58.0 Å². The molecular weight excluding hydrogens is 469 g/mol. The molecule has 1 N–H and O–H groups in total. The maximum atomic E-state index is 15.5. The molecule has 4 rings (SSSR count). The summed E-state index contributed by atoms with van der Waals surface area (Å²) in [7, 11) is 0. The van der Waals surface area contributed by atoms with Gasteiger partial charge in [0.05, 0.1) is 18.8 Å². The minimum atomic E-state index is -1.58. The van der Waals surface area contributed by atoms with Gasteiger partial charge in [-0.3, -0.25) is 4.90 Å². The molecule has 2 aliphatic heterocycles.